The van der Waals surface area contributed by atoms with Crippen LogP contribution in [0.5, 0.6) is 0 Å². The maximum Gasteiger partial charge on any atom is 0.176 e. The van der Waals surface area contributed by atoms with Gasteiger partial charge < -0.3 is 5.73 Å². The van der Waals surface area contributed by atoms with Crippen LogP contribution in [0.25, 0.3) is 0 Å². The fraction of sp³-hybridized carbons (Fsp3) is 0. The van der Waals surface area contributed by atoms with Gasteiger partial charge in [-0.1, -0.05) is 0 Å². The highest BCUT2D eigenvalue weighted by Crippen LogP contribution is 2.30. The zero-order valence-corrected chi connectivity index (χ0v) is 8.34. The largest absolute Gasteiger partial charge is 0.398 e. The summed E-state index contributed by atoms with van der Waals surface area (Å²) in [6, 6.07) is 1.29. The van der Waals surface area contributed by atoms with Crippen LogP contribution in [0.4, 0.5) is 14.5 Å². The van der Waals surface area contributed by atoms with Crippen LogP contribution in [0.2, 0.25) is 0 Å². The van der Waals surface area contributed by atoms with Gasteiger partial charge in [0.1, 0.15) is 0 Å². The molecule has 11 heavy (non-hydrogen) atoms. The molecule has 0 saturated heterocycles. The highest BCUT2D eigenvalue weighted by Gasteiger charge is 2.12. The molecule has 1 rings (SSSR count). The predicted octanol–water partition coefficient (Wildman–Crippen LogP) is 3.07. The van der Waals surface area contributed by atoms with Crippen LogP contribution in [0.15, 0.2) is 15.0 Å². The van der Waals surface area contributed by atoms with E-state index in [0.29, 0.717) is 0 Å². The monoisotopic (exact) mass is 285 g/mol. The van der Waals surface area contributed by atoms with Crippen molar-refractivity contribution >= 4 is 37.5 Å². The Labute approximate surface area is 78.8 Å². The van der Waals surface area contributed by atoms with Crippen molar-refractivity contribution in [2.75, 3.05) is 5.73 Å². The lowest BCUT2D eigenvalue weighted by Gasteiger charge is -2.01. The third-order valence-corrected chi connectivity index (χ3v) is 2.51. The molecule has 0 aliphatic carbocycles. The lowest BCUT2D eigenvalue weighted by atomic mass is 10.3. The summed E-state index contributed by atoms with van der Waals surface area (Å²) in [4.78, 5) is 0. The van der Waals surface area contributed by atoms with E-state index < -0.39 is 11.6 Å². The quantitative estimate of drug-likeness (QED) is 0.443. The zero-order chi connectivity index (χ0) is 8.59. The average Bonchev–Trinajstić information content (AvgIpc) is 1.97. The normalized spacial score (nSPS) is 10.2. The molecular formula is C6H3Br2F2N. The van der Waals surface area contributed by atoms with Gasteiger partial charge in [0.2, 0.25) is 0 Å². The summed E-state index contributed by atoms with van der Waals surface area (Å²) in [5, 5.41) is 0. The summed E-state index contributed by atoms with van der Waals surface area (Å²) in [5.41, 5.74) is 5.47. The van der Waals surface area contributed by atoms with Crippen LogP contribution in [-0.2, 0) is 0 Å². The number of nitrogens with two attached hydrogens (primary N) is 1. The summed E-state index contributed by atoms with van der Waals surface area (Å²) in [7, 11) is 0. The molecule has 0 spiro atoms. The third-order valence-electron chi connectivity index (χ3n) is 1.13. The first-order valence-electron chi connectivity index (χ1n) is 2.62. The highest BCUT2D eigenvalue weighted by atomic mass is 79.9. The van der Waals surface area contributed by atoms with Gasteiger partial charge in [-0.15, -0.1) is 0 Å². The lowest BCUT2D eigenvalue weighted by molar-refractivity contribution is 0.500. The Kier molecular flexibility index (Phi) is 2.49. The Morgan fingerprint density at radius 3 is 2.27 bits per heavy atom. The van der Waals surface area contributed by atoms with Crippen molar-refractivity contribution in [3.63, 3.8) is 0 Å². The second-order valence-corrected chi connectivity index (χ2v) is 3.54. The Morgan fingerprint density at radius 1 is 1.18 bits per heavy atom. The van der Waals surface area contributed by atoms with Gasteiger partial charge in [0.05, 0.1) is 14.6 Å². The summed E-state index contributed by atoms with van der Waals surface area (Å²) >= 11 is 5.62. The molecule has 0 atom stereocenters. The molecule has 0 amide bonds. The molecule has 1 aromatic carbocycles. The van der Waals surface area contributed by atoms with Crippen LogP contribution in [0, 0.1) is 11.6 Å². The third kappa shape index (κ3) is 1.54. The zero-order valence-electron chi connectivity index (χ0n) is 5.17. The Balaban J connectivity index is 3.46. The second-order valence-electron chi connectivity index (χ2n) is 1.89. The van der Waals surface area contributed by atoms with Crippen molar-refractivity contribution in [3.05, 3.63) is 26.6 Å². The average molecular weight is 287 g/mol. The Morgan fingerprint density at radius 2 is 1.73 bits per heavy atom. The van der Waals surface area contributed by atoms with Gasteiger partial charge in [-0.2, -0.15) is 0 Å². The molecule has 1 aromatic rings. The van der Waals surface area contributed by atoms with Gasteiger partial charge in [-0.05, 0) is 37.9 Å². The number of benzene rings is 1. The topological polar surface area (TPSA) is 26.0 Å². The predicted molar refractivity (Wildman–Crippen MR) is 46.2 cm³/mol. The fourth-order valence-electron chi connectivity index (χ4n) is 0.591. The molecule has 0 saturated carbocycles. The van der Waals surface area contributed by atoms with Gasteiger partial charge in [0.15, 0.2) is 11.6 Å². The van der Waals surface area contributed by atoms with E-state index in [1.165, 1.54) is 6.07 Å². The van der Waals surface area contributed by atoms with E-state index in [9.17, 15) is 8.78 Å². The smallest absolute Gasteiger partial charge is 0.176 e. The Hall–Kier alpha value is -0.160. The van der Waals surface area contributed by atoms with Crippen molar-refractivity contribution < 1.29 is 8.78 Å². The minimum atomic E-state index is -0.975. The van der Waals surface area contributed by atoms with Gasteiger partial charge in [0, 0.05) is 0 Å². The van der Waals surface area contributed by atoms with E-state index in [-0.39, 0.29) is 14.6 Å². The summed E-state index contributed by atoms with van der Waals surface area (Å²) in [5.74, 6) is -1.91. The molecule has 0 bridgehead atoms. The summed E-state index contributed by atoms with van der Waals surface area (Å²) in [6.07, 6.45) is 0. The van der Waals surface area contributed by atoms with Crippen molar-refractivity contribution in [3.8, 4) is 0 Å². The molecule has 5 heteroatoms. The van der Waals surface area contributed by atoms with E-state index in [0.717, 1.165) is 0 Å². The molecule has 0 fully saturated rings. The number of anilines is 1. The highest BCUT2D eigenvalue weighted by molar-refractivity contribution is 9.11. The first-order chi connectivity index (χ1) is 5.04. The molecule has 0 heterocycles. The standard InChI is InChI=1S/C6H3Br2F2N/c7-2-1-3(11)4(8)6(10)5(2)9/h1H,11H2. The van der Waals surface area contributed by atoms with Gasteiger partial charge >= 0.3 is 0 Å². The molecule has 0 aliphatic heterocycles. The number of halogens is 4. The summed E-state index contributed by atoms with van der Waals surface area (Å²) < 4.78 is 25.4. The molecule has 0 aromatic heterocycles. The van der Waals surface area contributed by atoms with Gasteiger partial charge in [-0.3, -0.25) is 0 Å². The fourth-order valence-corrected chi connectivity index (χ4v) is 1.30. The first-order valence-corrected chi connectivity index (χ1v) is 4.21. The summed E-state index contributed by atoms with van der Waals surface area (Å²) in [6.45, 7) is 0. The van der Waals surface area contributed by atoms with E-state index in [1.807, 2.05) is 0 Å². The maximum absolute atomic E-state index is 12.7. The van der Waals surface area contributed by atoms with Crippen LogP contribution >= 0.6 is 31.9 Å². The van der Waals surface area contributed by atoms with Crippen molar-refractivity contribution in [1.82, 2.24) is 0 Å². The molecular weight excluding hydrogens is 284 g/mol. The molecule has 1 nitrogen and oxygen atoms in total. The Bertz CT molecular complexity index is 275. The van der Waals surface area contributed by atoms with E-state index >= 15 is 0 Å². The van der Waals surface area contributed by atoms with E-state index in [1.54, 1.807) is 0 Å². The number of nitrogen functional groups attached to an aromatic ring is 1. The van der Waals surface area contributed by atoms with Crippen LogP contribution in [0.3, 0.4) is 0 Å². The van der Waals surface area contributed by atoms with Crippen molar-refractivity contribution in [1.29, 1.82) is 0 Å². The minimum Gasteiger partial charge on any atom is -0.398 e. The number of hydrogen-bond acceptors (Lipinski definition) is 1. The maximum atomic E-state index is 12.7. The molecule has 60 valence electrons. The van der Waals surface area contributed by atoms with Crippen LogP contribution in [-0.4, -0.2) is 0 Å². The van der Waals surface area contributed by atoms with Crippen molar-refractivity contribution in [2.45, 2.75) is 0 Å². The number of rotatable bonds is 0. The molecule has 0 unspecified atom stereocenters. The first kappa shape index (κ1) is 8.93. The second kappa shape index (κ2) is 3.06. The molecule has 0 radical (unpaired) electrons. The van der Waals surface area contributed by atoms with Gasteiger partial charge in [0.25, 0.3) is 0 Å². The van der Waals surface area contributed by atoms with Crippen LogP contribution in [0.1, 0.15) is 0 Å². The van der Waals surface area contributed by atoms with Crippen molar-refractivity contribution in [2.24, 2.45) is 0 Å². The van der Waals surface area contributed by atoms with E-state index in [2.05, 4.69) is 31.9 Å². The SMILES string of the molecule is Nc1cc(Br)c(F)c(F)c1Br. The van der Waals surface area contributed by atoms with Gasteiger partial charge in [-0.25, -0.2) is 8.78 Å². The number of hydrogen-bond donors (Lipinski definition) is 1. The minimum absolute atomic E-state index is 0.0238. The lowest BCUT2D eigenvalue weighted by Crippen LogP contribution is -1.94. The van der Waals surface area contributed by atoms with Crippen LogP contribution < -0.4 is 5.73 Å². The molecule has 2 N–H and O–H groups in total. The van der Waals surface area contributed by atoms with E-state index in [4.69, 9.17) is 5.73 Å². The molecule has 0 aliphatic rings.